The molecule has 33 heavy (non-hydrogen) atoms. The van der Waals surface area contributed by atoms with Crippen LogP contribution in [0.3, 0.4) is 0 Å². The number of rotatable bonds is 5. The van der Waals surface area contributed by atoms with Gasteiger partial charge in [-0.2, -0.15) is 0 Å². The molecule has 2 aromatic rings. The molecule has 3 fully saturated rings. The minimum absolute atomic E-state index is 0.187. The Kier molecular flexibility index (Phi) is 7.27. The fraction of sp³-hybridized carbons (Fsp3) is 0.536. The number of ether oxygens (including phenoxy) is 1. The first-order valence-corrected chi connectivity index (χ1v) is 12.7. The first-order chi connectivity index (χ1) is 16.3. The van der Waals surface area contributed by atoms with E-state index in [1.165, 1.54) is 36.9 Å². The molecule has 0 amide bonds. The summed E-state index contributed by atoms with van der Waals surface area (Å²) in [6.07, 6.45) is 5.13. The minimum atomic E-state index is 0.187. The largest absolute Gasteiger partial charge is 0.373 e. The predicted octanol–water partition coefficient (Wildman–Crippen LogP) is 4.33. The van der Waals surface area contributed by atoms with Gasteiger partial charge >= 0.3 is 0 Å². The number of hydrogen-bond donors (Lipinski definition) is 1. The fourth-order valence-corrected chi connectivity index (χ4v) is 6.12. The Hall–Kier alpha value is -2.37. The SMILES string of the molecule is CN=C(NCC1CCOC1c1ccccc1)N1CCC2C(CCCN2Cc2ccccc2)C1. The molecule has 3 aliphatic rings. The van der Waals surface area contributed by atoms with Gasteiger partial charge in [0.2, 0.25) is 0 Å². The van der Waals surface area contributed by atoms with E-state index in [0.29, 0.717) is 12.0 Å². The number of likely N-dealkylation sites (tertiary alicyclic amines) is 2. The molecule has 5 rings (SSSR count). The molecule has 176 valence electrons. The van der Waals surface area contributed by atoms with Crippen LogP contribution < -0.4 is 5.32 Å². The van der Waals surface area contributed by atoms with Crippen molar-refractivity contribution < 1.29 is 4.74 Å². The molecule has 5 heteroatoms. The zero-order chi connectivity index (χ0) is 22.5. The van der Waals surface area contributed by atoms with Crippen LogP contribution >= 0.6 is 0 Å². The molecule has 0 aromatic heterocycles. The maximum absolute atomic E-state index is 6.10. The second-order valence-electron chi connectivity index (χ2n) is 9.84. The third kappa shape index (κ3) is 5.25. The van der Waals surface area contributed by atoms with E-state index in [1.807, 2.05) is 7.05 Å². The Morgan fingerprint density at radius 1 is 1.00 bits per heavy atom. The zero-order valence-electron chi connectivity index (χ0n) is 19.9. The highest BCUT2D eigenvalue weighted by atomic mass is 16.5. The third-order valence-corrected chi connectivity index (χ3v) is 7.79. The number of nitrogens with zero attached hydrogens (tertiary/aromatic N) is 3. The highest BCUT2D eigenvalue weighted by Gasteiger charge is 2.37. The number of fused-ring (bicyclic) bond motifs is 1. The molecule has 3 saturated heterocycles. The van der Waals surface area contributed by atoms with Gasteiger partial charge in [0.1, 0.15) is 0 Å². The van der Waals surface area contributed by atoms with Crippen molar-refractivity contribution in [1.29, 1.82) is 0 Å². The van der Waals surface area contributed by atoms with Crippen molar-refractivity contribution in [2.75, 3.05) is 39.8 Å². The van der Waals surface area contributed by atoms with E-state index < -0.39 is 0 Å². The van der Waals surface area contributed by atoms with Crippen molar-refractivity contribution in [3.63, 3.8) is 0 Å². The van der Waals surface area contributed by atoms with Crippen molar-refractivity contribution >= 4 is 5.96 Å². The van der Waals surface area contributed by atoms with Gasteiger partial charge in [0.25, 0.3) is 0 Å². The van der Waals surface area contributed by atoms with Crippen LogP contribution in [0, 0.1) is 11.8 Å². The van der Waals surface area contributed by atoms with E-state index in [-0.39, 0.29) is 6.10 Å². The van der Waals surface area contributed by atoms with E-state index >= 15 is 0 Å². The molecule has 0 saturated carbocycles. The average molecular weight is 447 g/mol. The van der Waals surface area contributed by atoms with Crippen LogP contribution in [0.2, 0.25) is 0 Å². The summed E-state index contributed by atoms with van der Waals surface area (Å²) in [6.45, 7) is 6.25. The molecule has 5 nitrogen and oxygen atoms in total. The Morgan fingerprint density at radius 2 is 1.79 bits per heavy atom. The zero-order valence-corrected chi connectivity index (χ0v) is 19.9. The summed E-state index contributed by atoms with van der Waals surface area (Å²) in [7, 11) is 1.93. The Balaban J connectivity index is 1.17. The van der Waals surface area contributed by atoms with Gasteiger partial charge in [0.05, 0.1) is 6.10 Å². The lowest BCUT2D eigenvalue weighted by Crippen LogP contribution is -2.57. The number of piperidine rings is 2. The van der Waals surface area contributed by atoms with Gasteiger partial charge in [-0.3, -0.25) is 9.89 Å². The van der Waals surface area contributed by atoms with Gasteiger partial charge < -0.3 is 15.0 Å². The van der Waals surface area contributed by atoms with E-state index in [2.05, 4.69) is 80.8 Å². The van der Waals surface area contributed by atoms with Crippen LogP contribution in [0.15, 0.2) is 65.7 Å². The number of hydrogen-bond acceptors (Lipinski definition) is 3. The topological polar surface area (TPSA) is 40.1 Å². The van der Waals surface area contributed by atoms with Crippen molar-refractivity contribution in [1.82, 2.24) is 15.1 Å². The molecule has 0 radical (unpaired) electrons. The number of guanidine groups is 1. The lowest BCUT2D eigenvalue weighted by Gasteiger charge is -2.48. The van der Waals surface area contributed by atoms with Gasteiger partial charge in [0.15, 0.2) is 5.96 Å². The van der Waals surface area contributed by atoms with Crippen molar-refractivity contribution in [3.05, 3.63) is 71.8 Å². The molecule has 0 bridgehead atoms. The summed E-state index contributed by atoms with van der Waals surface area (Å²) >= 11 is 0. The molecule has 3 aliphatic heterocycles. The van der Waals surface area contributed by atoms with Crippen LogP contribution in [0.25, 0.3) is 0 Å². The summed E-state index contributed by atoms with van der Waals surface area (Å²) in [5.41, 5.74) is 2.73. The average Bonchev–Trinajstić information content (AvgIpc) is 3.34. The van der Waals surface area contributed by atoms with E-state index in [4.69, 9.17) is 4.74 Å². The number of benzene rings is 2. The summed E-state index contributed by atoms with van der Waals surface area (Å²) in [4.78, 5) is 9.91. The first kappa shape index (κ1) is 22.4. The van der Waals surface area contributed by atoms with Gasteiger partial charge in [-0.15, -0.1) is 0 Å². The number of aliphatic imine (C=N–C) groups is 1. The lowest BCUT2D eigenvalue weighted by molar-refractivity contribution is 0.0370. The van der Waals surface area contributed by atoms with Crippen molar-refractivity contribution in [2.45, 2.75) is 44.4 Å². The highest BCUT2D eigenvalue weighted by Crippen LogP contribution is 2.34. The van der Waals surface area contributed by atoms with Gasteiger partial charge in [0, 0.05) is 51.8 Å². The van der Waals surface area contributed by atoms with Crippen molar-refractivity contribution in [3.8, 4) is 0 Å². The van der Waals surface area contributed by atoms with Crippen molar-refractivity contribution in [2.24, 2.45) is 16.8 Å². The van der Waals surface area contributed by atoms with Crippen LogP contribution in [0.1, 0.15) is 42.9 Å². The van der Waals surface area contributed by atoms with E-state index in [0.717, 1.165) is 51.1 Å². The summed E-state index contributed by atoms with van der Waals surface area (Å²) in [5.74, 6) is 2.27. The van der Waals surface area contributed by atoms with Gasteiger partial charge in [-0.25, -0.2) is 0 Å². The normalized spacial score (nSPS) is 28.5. The first-order valence-electron chi connectivity index (χ1n) is 12.7. The standard InChI is InChI=1S/C28H38N4O/c1-29-28(30-19-24-15-18-33-27(24)23-11-6-3-7-12-23)32-17-14-26-25(21-32)13-8-16-31(26)20-22-9-4-2-5-10-22/h2-7,9-12,24-27H,8,13-21H2,1H3,(H,29,30). The smallest absolute Gasteiger partial charge is 0.193 e. The third-order valence-electron chi connectivity index (χ3n) is 7.79. The second-order valence-corrected chi connectivity index (χ2v) is 9.84. The van der Waals surface area contributed by atoms with Gasteiger partial charge in [-0.05, 0) is 49.3 Å². The molecule has 4 atom stereocenters. The maximum Gasteiger partial charge on any atom is 0.193 e. The van der Waals surface area contributed by atoms with Gasteiger partial charge in [-0.1, -0.05) is 60.7 Å². The molecule has 0 spiro atoms. The summed E-state index contributed by atoms with van der Waals surface area (Å²) < 4.78 is 6.10. The Labute approximate surface area is 198 Å². The maximum atomic E-state index is 6.10. The molecule has 4 unspecified atom stereocenters. The van der Waals surface area contributed by atoms with Crippen LogP contribution in [-0.4, -0.2) is 61.6 Å². The fourth-order valence-electron chi connectivity index (χ4n) is 6.12. The predicted molar refractivity (Wildman–Crippen MR) is 134 cm³/mol. The minimum Gasteiger partial charge on any atom is -0.373 e. The Bertz CT molecular complexity index is 903. The molecular formula is C28H38N4O. The molecule has 1 N–H and O–H groups in total. The Morgan fingerprint density at radius 3 is 2.58 bits per heavy atom. The van der Waals surface area contributed by atoms with Crippen LogP contribution in [0.4, 0.5) is 0 Å². The van der Waals surface area contributed by atoms with E-state index in [1.54, 1.807) is 0 Å². The lowest BCUT2D eigenvalue weighted by atomic mass is 9.83. The van der Waals surface area contributed by atoms with Crippen LogP contribution in [-0.2, 0) is 11.3 Å². The summed E-state index contributed by atoms with van der Waals surface area (Å²) in [5, 5.41) is 3.71. The molecular weight excluding hydrogens is 408 g/mol. The second kappa shape index (κ2) is 10.7. The number of nitrogens with one attached hydrogen (secondary N) is 1. The molecule has 2 aromatic carbocycles. The highest BCUT2D eigenvalue weighted by molar-refractivity contribution is 5.80. The molecule has 3 heterocycles. The monoisotopic (exact) mass is 446 g/mol. The molecule has 0 aliphatic carbocycles. The van der Waals surface area contributed by atoms with E-state index in [9.17, 15) is 0 Å². The van der Waals surface area contributed by atoms with Crippen LogP contribution in [0.5, 0.6) is 0 Å². The summed E-state index contributed by atoms with van der Waals surface area (Å²) in [6, 6.07) is 22.3. The quantitative estimate of drug-likeness (QED) is 0.548.